The molecule has 11 heavy (non-hydrogen) atoms. The van der Waals surface area contributed by atoms with Crippen molar-refractivity contribution in [2.45, 2.75) is 19.3 Å². The molecule has 0 aromatic carbocycles. The summed E-state index contributed by atoms with van der Waals surface area (Å²) in [5.41, 5.74) is 6.12. The normalized spacial score (nSPS) is 18.1. The molecule has 0 amide bonds. The highest BCUT2D eigenvalue weighted by atomic mass is 14.9. The van der Waals surface area contributed by atoms with Crippen LogP contribution in [0.25, 0.3) is 0 Å². The SMILES string of the molecule is CN/C(N)=C\C(=N)CC1CC1. The fourth-order valence-electron chi connectivity index (χ4n) is 0.952. The van der Waals surface area contributed by atoms with E-state index < -0.39 is 0 Å². The van der Waals surface area contributed by atoms with Gasteiger partial charge in [0.2, 0.25) is 0 Å². The molecule has 0 bridgehead atoms. The number of nitrogens with one attached hydrogen (secondary N) is 2. The first kappa shape index (κ1) is 8.11. The van der Waals surface area contributed by atoms with E-state index in [0.717, 1.165) is 12.3 Å². The fourth-order valence-corrected chi connectivity index (χ4v) is 0.952. The minimum absolute atomic E-state index is 0.579. The Balaban J connectivity index is 2.28. The zero-order chi connectivity index (χ0) is 8.27. The van der Waals surface area contributed by atoms with Gasteiger partial charge in [0.15, 0.2) is 0 Å². The van der Waals surface area contributed by atoms with E-state index in [9.17, 15) is 0 Å². The van der Waals surface area contributed by atoms with Gasteiger partial charge in [-0.25, -0.2) is 0 Å². The predicted octanol–water partition coefficient (Wildman–Crippen LogP) is 0.826. The lowest BCUT2D eigenvalue weighted by Gasteiger charge is -1.99. The molecule has 3 heteroatoms. The molecule has 3 nitrogen and oxygen atoms in total. The minimum Gasteiger partial charge on any atom is -0.385 e. The van der Waals surface area contributed by atoms with Crippen molar-refractivity contribution in [1.82, 2.24) is 5.32 Å². The first-order valence-electron chi connectivity index (χ1n) is 3.94. The van der Waals surface area contributed by atoms with Crippen molar-refractivity contribution >= 4 is 5.71 Å². The Morgan fingerprint density at radius 2 is 2.36 bits per heavy atom. The summed E-state index contributed by atoms with van der Waals surface area (Å²) in [4.78, 5) is 0. The van der Waals surface area contributed by atoms with E-state index in [1.165, 1.54) is 12.8 Å². The van der Waals surface area contributed by atoms with Crippen LogP contribution in [0.5, 0.6) is 0 Å². The Kier molecular flexibility index (Phi) is 2.52. The van der Waals surface area contributed by atoms with Gasteiger partial charge >= 0.3 is 0 Å². The van der Waals surface area contributed by atoms with Crippen molar-refractivity contribution in [3.63, 3.8) is 0 Å². The van der Waals surface area contributed by atoms with Crippen LogP contribution in [0.15, 0.2) is 11.9 Å². The molecule has 0 aromatic rings. The molecule has 1 rings (SSSR count). The van der Waals surface area contributed by atoms with Gasteiger partial charge in [-0.2, -0.15) is 0 Å². The van der Waals surface area contributed by atoms with Crippen molar-refractivity contribution in [3.8, 4) is 0 Å². The molecular formula is C8H15N3. The highest BCUT2D eigenvalue weighted by molar-refractivity contribution is 5.92. The topological polar surface area (TPSA) is 61.9 Å². The number of nitrogens with two attached hydrogens (primary N) is 1. The predicted molar refractivity (Wildman–Crippen MR) is 46.4 cm³/mol. The Hall–Kier alpha value is -0.990. The quantitative estimate of drug-likeness (QED) is 0.524. The molecule has 0 atom stereocenters. The monoisotopic (exact) mass is 153 g/mol. The second-order valence-electron chi connectivity index (χ2n) is 3.02. The van der Waals surface area contributed by atoms with Crippen molar-refractivity contribution in [1.29, 1.82) is 5.41 Å². The number of hydrogen-bond donors (Lipinski definition) is 3. The molecule has 1 aliphatic carbocycles. The van der Waals surface area contributed by atoms with Crippen LogP contribution in [-0.2, 0) is 0 Å². The summed E-state index contributed by atoms with van der Waals surface area (Å²) in [7, 11) is 1.76. The molecule has 0 spiro atoms. The third-order valence-electron chi connectivity index (χ3n) is 1.82. The Bertz CT molecular complexity index is 180. The lowest BCUT2D eigenvalue weighted by Crippen LogP contribution is -2.16. The van der Waals surface area contributed by atoms with E-state index in [4.69, 9.17) is 11.1 Å². The van der Waals surface area contributed by atoms with Crippen molar-refractivity contribution in [2.24, 2.45) is 11.7 Å². The molecule has 0 aliphatic heterocycles. The maximum Gasteiger partial charge on any atom is 0.0975 e. The largest absolute Gasteiger partial charge is 0.385 e. The smallest absolute Gasteiger partial charge is 0.0975 e. The van der Waals surface area contributed by atoms with E-state index >= 15 is 0 Å². The summed E-state index contributed by atoms with van der Waals surface area (Å²) >= 11 is 0. The van der Waals surface area contributed by atoms with Crippen molar-refractivity contribution in [3.05, 3.63) is 11.9 Å². The lowest BCUT2D eigenvalue weighted by molar-refractivity contribution is 0.888. The van der Waals surface area contributed by atoms with Gasteiger partial charge in [-0.1, -0.05) is 0 Å². The van der Waals surface area contributed by atoms with Gasteiger partial charge in [-0.15, -0.1) is 0 Å². The van der Waals surface area contributed by atoms with E-state index in [1.54, 1.807) is 13.1 Å². The van der Waals surface area contributed by atoms with Crippen LogP contribution in [0.3, 0.4) is 0 Å². The van der Waals surface area contributed by atoms with Crippen LogP contribution in [-0.4, -0.2) is 12.8 Å². The number of hydrogen-bond acceptors (Lipinski definition) is 3. The van der Waals surface area contributed by atoms with E-state index in [2.05, 4.69) is 5.32 Å². The molecule has 0 heterocycles. The average molecular weight is 153 g/mol. The van der Waals surface area contributed by atoms with Crippen LogP contribution in [0.2, 0.25) is 0 Å². The van der Waals surface area contributed by atoms with Gasteiger partial charge in [-0.3, -0.25) is 0 Å². The van der Waals surface area contributed by atoms with Gasteiger partial charge in [0, 0.05) is 12.8 Å². The Labute approximate surface area is 67.2 Å². The summed E-state index contributed by atoms with van der Waals surface area (Å²) in [5.74, 6) is 1.35. The summed E-state index contributed by atoms with van der Waals surface area (Å²) in [5, 5.41) is 10.3. The van der Waals surface area contributed by atoms with E-state index in [1.807, 2.05) is 0 Å². The van der Waals surface area contributed by atoms with Crippen LogP contribution >= 0.6 is 0 Å². The first-order valence-corrected chi connectivity index (χ1v) is 3.94. The molecule has 1 aliphatic rings. The van der Waals surface area contributed by atoms with Gasteiger partial charge in [0.05, 0.1) is 5.82 Å². The Morgan fingerprint density at radius 1 is 1.73 bits per heavy atom. The molecule has 1 saturated carbocycles. The second-order valence-corrected chi connectivity index (χ2v) is 3.02. The first-order chi connectivity index (χ1) is 5.22. The van der Waals surface area contributed by atoms with Gasteiger partial charge in [0.1, 0.15) is 0 Å². The lowest BCUT2D eigenvalue weighted by atomic mass is 10.2. The maximum atomic E-state index is 7.50. The molecule has 4 N–H and O–H groups in total. The van der Waals surface area contributed by atoms with Gasteiger partial charge in [-0.05, 0) is 31.3 Å². The van der Waals surface area contributed by atoms with Crippen LogP contribution in [0.4, 0.5) is 0 Å². The summed E-state index contributed by atoms with van der Waals surface area (Å²) in [6.07, 6.45) is 5.16. The average Bonchev–Trinajstić information content (AvgIpc) is 2.71. The molecule has 0 saturated heterocycles. The highest BCUT2D eigenvalue weighted by Gasteiger charge is 2.21. The van der Waals surface area contributed by atoms with E-state index in [-0.39, 0.29) is 0 Å². The minimum atomic E-state index is 0.579. The van der Waals surface area contributed by atoms with Gasteiger partial charge in [0.25, 0.3) is 0 Å². The standard InChI is InChI=1S/C8H15N3/c1-11-8(10)5-7(9)4-6-2-3-6/h5-6,9,11H,2-4,10H2,1H3/b8-5-,9-7?. The van der Waals surface area contributed by atoms with Crippen molar-refractivity contribution < 1.29 is 0 Å². The third-order valence-corrected chi connectivity index (χ3v) is 1.82. The number of allylic oxidation sites excluding steroid dienone is 1. The summed E-state index contributed by atoms with van der Waals surface area (Å²) in [6.45, 7) is 0. The van der Waals surface area contributed by atoms with Crippen molar-refractivity contribution in [2.75, 3.05) is 7.05 Å². The summed E-state index contributed by atoms with van der Waals surface area (Å²) in [6, 6.07) is 0. The zero-order valence-electron chi connectivity index (χ0n) is 6.85. The van der Waals surface area contributed by atoms with E-state index in [0.29, 0.717) is 11.5 Å². The second kappa shape index (κ2) is 3.42. The third kappa shape index (κ3) is 3.07. The fraction of sp³-hybridized carbons (Fsp3) is 0.625. The van der Waals surface area contributed by atoms with Crippen LogP contribution < -0.4 is 11.1 Å². The zero-order valence-corrected chi connectivity index (χ0v) is 6.85. The van der Waals surface area contributed by atoms with Gasteiger partial charge < -0.3 is 16.5 Å². The molecule has 0 aromatic heterocycles. The van der Waals surface area contributed by atoms with Crippen LogP contribution in [0, 0.1) is 11.3 Å². The maximum absolute atomic E-state index is 7.50. The Morgan fingerprint density at radius 3 is 2.82 bits per heavy atom. The summed E-state index contributed by atoms with van der Waals surface area (Å²) < 4.78 is 0. The van der Waals surface area contributed by atoms with Crippen LogP contribution in [0.1, 0.15) is 19.3 Å². The number of rotatable bonds is 4. The molecule has 62 valence electrons. The molecule has 0 radical (unpaired) electrons. The molecular weight excluding hydrogens is 138 g/mol. The highest BCUT2D eigenvalue weighted by Crippen LogP contribution is 2.32. The molecule has 0 unspecified atom stereocenters. The molecule has 1 fully saturated rings.